The Kier molecular flexibility index (Phi) is 3.44. The molecule has 0 bridgehead atoms. The Bertz CT molecular complexity index is 68.9. The van der Waals surface area contributed by atoms with Crippen molar-refractivity contribution in [3.63, 3.8) is 0 Å². The van der Waals surface area contributed by atoms with Crippen molar-refractivity contribution in [2.45, 2.75) is 31.0 Å². The Morgan fingerprint density at radius 3 is 2.25 bits per heavy atom. The highest BCUT2D eigenvalue weighted by Crippen LogP contribution is 2.24. The van der Waals surface area contributed by atoms with Crippen LogP contribution in [0.1, 0.15) is 26.7 Å². The second-order valence-electron chi connectivity index (χ2n) is 2.82. The topological polar surface area (TPSA) is 0 Å². The van der Waals surface area contributed by atoms with Crippen LogP contribution in [-0.2, 0) is 0 Å². The number of allylic oxidation sites excluding steroid dienone is 1. The molecule has 0 aliphatic carbocycles. The maximum atomic E-state index is 3.65. The zero-order valence-corrected chi connectivity index (χ0v) is 6.93. The minimum atomic E-state index is 0.397. The normalized spacial score (nSPS) is 11.2. The van der Waals surface area contributed by atoms with Crippen LogP contribution in [0.2, 0.25) is 4.28 Å². The van der Waals surface area contributed by atoms with E-state index in [1.54, 1.807) is 0 Å². The Morgan fingerprint density at radius 1 is 1.62 bits per heavy atom. The lowest BCUT2D eigenvalue weighted by atomic mass is 10.1. The third-order valence-electron chi connectivity index (χ3n) is 0.993. The van der Waals surface area contributed by atoms with Gasteiger partial charge < -0.3 is 0 Å². The van der Waals surface area contributed by atoms with Crippen molar-refractivity contribution in [3.8, 4) is 0 Å². The molecule has 0 atom stereocenters. The van der Waals surface area contributed by atoms with Gasteiger partial charge in [0.25, 0.3) is 0 Å². The van der Waals surface area contributed by atoms with Crippen LogP contribution in [0.15, 0.2) is 12.7 Å². The van der Waals surface area contributed by atoms with Crippen molar-refractivity contribution in [3.05, 3.63) is 12.7 Å². The second-order valence-corrected chi connectivity index (χ2v) is 4.38. The van der Waals surface area contributed by atoms with E-state index in [2.05, 4.69) is 36.7 Å². The quantitative estimate of drug-likeness (QED) is 0.400. The van der Waals surface area contributed by atoms with E-state index in [1.807, 2.05) is 6.08 Å². The fourth-order valence-corrected chi connectivity index (χ4v) is 0.641. The molecule has 0 unspecified atom stereocenters. The molecule has 0 nitrogen and oxygen atoms in total. The minimum absolute atomic E-state index is 0.397. The van der Waals surface area contributed by atoms with E-state index in [4.69, 9.17) is 0 Å². The molecule has 0 rings (SSSR count). The Labute approximate surface area is 60.4 Å². The van der Waals surface area contributed by atoms with Gasteiger partial charge in [0.1, 0.15) is 16.3 Å². The summed E-state index contributed by atoms with van der Waals surface area (Å²) in [5.41, 5.74) is 0. The molecule has 0 N–H and O–H groups in total. The lowest BCUT2D eigenvalue weighted by Gasteiger charge is -2.17. The van der Waals surface area contributed by atoms with Gasteiger partial charge in [-0.15, -0.1) is 10.9 Å². The average molecular weight is 124 g/mol. The highest BCUT2D eigenvalue weighted by Gasteiger charge is 2.05. The van der Waals surface area contributed by atoms with Crippen LogP contribution < -0.4 is 0 Å². The van der Waals surface area contributed by atoms with Crippen LogP contribution >= 0.6 is 0 Å². The van der Waals surface area contributed by atoms with Crippen molar-refractivity contribution in [2.75, 3.05) is 0 Å². The van der Waals surface area contributed by atoms with Gasteiger partial charge in [-0.25, -0.2) is 0 Å². The van der Waals surface area contributed by atoms with Crippen LogP contribution in [0.5, 0.6) is 0 Å². The van der Waals surface area contributed by atoms with Gasteiger partial charge in [-0.05, 0) is 6.42 Å². The van der Waals surface area contributed by atoms with Crippen LogP contribution in [0.25, 0.3) is 0 Å². The Morgan fingerprint density at radius 2 is 2.12 bits per heavy atom. The van der Waals surface area contributed by atoms with E-state index in [9.17, 15) is 0 Å². The number of rotatable bonds is 3. The fourth-order valence-electron chi connectivity index (χ4n) is 0.474. The van der Waals surface area contributed by atoms with Gasteiger partial charge in [0.05, 0.1) is 0 Å². The summed E-state index contributed by atoms with van der Waals surface area (Å²) < 4.78 is 0.397. The lowest BCUT2D eigenvalue weighted by Crippen LogP contribution is -1.99. The van der Waals surface area contributed by atoms with Gasteiger partial charge in [0.15, 0.2) is 0 Å². The lowest BCUT2D eigenvalue weighted by molar-refractivity contribution is 0.621. The summed E-state index contributed by atoms with van der Waals surface area (Å²) in [5.74, 6) is 0. The molecule has 0 aromatic heterocycles. The minimum Gasteiger partial charge on any atom is -0.103 e. The monoisotopic (exact) mass is 124 g/mol. The first-order valence-corrected chi connectivity index (χ1v) is 3.54. The van der Waals surface area contributed by atoms with E-state index in [0.717, 1.165) is 6.42 Å². The van der Waals surface area contributed by atoms with Crippen LogP contribution in [0, 0.1) is 0 Å². The molecule has 0 aliphatic rings. The van der Waals surface area contributed by atoms with Gasteiger partial charge in [-0.1, -0.05) is 26.3 Å². The molecular weight excluding hydrogens is 111 g/mol. The maximum Gasteiger partial charge on any atom is 0.128 e. The van der Waals surface area contributed by atoms with Gasteiger partial charge in [0, 0.05) is 0 Å². The third-order valence-corrected chi connectivity index (χ3v) is 1.28. The van der Waals surface area contributed by atoms with Crippen LogP contribution in [0.4, 0.5) is 0 Å². The van der Waals surface area contributed by atoms with E-state index in [1.165, 1.54) is 6.42 Å². The molecule has 0 saturated heterocycles. The molecule has 8 heavy (non-hydrogen) atoms. The molecule has 0 saturated carbocycles. The van der Waals surface area contributed by atoms with Crippen molar-refractivity contribution in [1.82, 2.24) is 0 Å². The molecule has 0 fully saturated rings. The van der Waals surface area contributed by atoms with Gasteiger partial charge in [0.2, 0.25) is 0 Å². The number of hydrogen-bond donors (Lipinski definition) is 0. The van der Waals surface area contributed by atoms with E-state index >= 15 is 0 Å². The summed E-state index contributed by atoms with van der Waals surface area (Å²) in [5, 5.41) is 0. The SMILES string of the molecule is C=CCC[C](C)(C)[Al]. The average Bonchev–Trinajstić information content (AvgIpc) is 1.59. The zero-order valence-electron chi connectivity index (χ0n) is 5.78. The van der Waals surface area contributed by atoms with E-state index in [-0.39, 0.29) is 0 Å². The smallest absolute Gasteiger partial charge is 0.103 e. The highest BCUT2D eigenvalue weighted by atomic mass is 27.0. The first-order chi connectivity index (χ1) is 3.56. The summed E-state index contributed by atoms with van der Waals surface area (Å²) in [7, 11) is 0. The predicted molar refractivity (Wildman–Crippen MR) is 39.2 cm³/mol. The number of hydrogen-bond acceptors (Lipinski definition) is 0. The molecule has 0 spiro atoms. The maximum absolute atomic E-state index is 3.65. The summed E-state index contributed by atoms with van der Waals surface area (Å²) in [6, 6.07) is 0. The van der Waals surface area contributed by atoms with Gasteiger partial charge in [-0.3, -0.25) is 0 Å². The summed E-state index contributed by atoms with van der Waals surface area (Å²) in [4.78, 5) is 0. The molecule has 0 aromatic rings. The first-order valence-electron chi connectivity index (χ1n) is 2.96. The second kappa shape index (κ2) is 3.33. The summed E-state index contributed by atoms with van der Waals surface area (Å²) in [6.07, 6.45) is 4.30. The first kappa shape index (κ1) is 8.27. The van der Waals surface area contributed by atoms with Crippen molar-refractivity contribution < 1.29 is 0 Å². The Hall–Kier alpha value is 0.272. The predicted octanol–water partition coefficient (Wildman–Crippen LogP) is 2.32. The van der Waals surface area contributed by atoms with Crippen molar-refractivity contribution in [1.29, 1.82) is 0 Å². The third kappa shape index (κ3) is 6.27. The fraction of sp³-hybridized carbons (Fsp3) is 0.714. The standard InChI is InChI=1S/C7H13.Al/c1-4-5-6-7(2)3;/h4H,1,5-6H2,2-3H3;. The highest BCUT2D eigenvalue weighted by molar-refractivity contribution is 6.14. The molecule has 0 heterocycles. The largest absolute Gasteiger partial charge is 0.128 e. The van der Waals surface area contributed by atoms with Crippen LogP contribution in [-0.4, -0.2) is 16.3 Å². The molecule has 44 valence electrons. The molecule has 0 amide bonds. The van der Waals surface area contributed by atoms with E-state index < -0.39 is 0 Å². The zero-order chi connectivity index (χ0) is 6.62. The summed E-state index contributed by atoms with van der Waals surface area (Å²) >= 11 is 2.82. The van der Waals surface area contributed by atoms with E-state index in [0.29, 0.717) is 4.28 Å². The van der Waals surface area contributed by atoms with Gasteiger partial charge >= 0.3 is 0 Å². The summed E-state index contributed by atoms with van der Waals surface area (Å²) in [6.45, 7) is 8.07. The molecule has 0 aromatic carbocycles. The van der Waals surface area contributed by atoms with Crippen molar-refractivity contribution >= 4 is 16.3 Å². The van der Waals surface area contributed by atoms with Crippen molar-refractivity contribution in [2.24, 2.45) is 0 Å². The molecule has 0 aliphatic heterocycles. The Balaban J connectivity index is 3.24. The molecule has 1 heteroatoms. The molecular formula is C7H13Al. The van der Waals surface area contributed by atoms with Crippen LogP contribution in [0.3, 0.4) is 0 Å². The van der Waals surface area contributed by atoms with Gasteiger partial charge in [-0.2, -0.15) is 0 Å². The molecule has 2 radical (unpaired) electrons.